The highest BCUT2D eigenvalue weighted by Crippen LogP contribution is 2.39. The molecule has 3 aromatic carbocycles. The minimum atomic E-state index is -0.391. The smallest absolute Gasteiger partial charge is 0.293 e. The second kappa shape index (κ2) is 11.9. The first kappa shape index (κ1) is 26.8. The first-order chi connectivity index (χ1) is 17.7. The predicted octanol–water partition coefficient (Wildman–Crippen LogP) is 6.67. The number of hydrogen-bond donors (Lipinski definition) is 1. The lowest BCUT2D eigenvalue weighted by Gasteiger charge is -2.14. The Morgan fingerprint density at radius 3 is 2.65 bits per heavy atom. The van der Waals surface area contributed by atoms with E-state index in [0.717, 1.165) is 22.9 Å². The van der Waals surface area contributed by atoms with E-state index in [-0.39, 0.29) is 29.2 Å². The van der Waals surface area contributed by atoms with E-state index < -0.39 is 5.91 Å². The van der Waals surface area contributed by atoms with Crippen LogP contribution >= 0.6 is 39.3 Å². The molecule has 0 atom stereocenters. The Morgan fingerprint density at radius 2 is 1.92 bits per heavy atom. The molecule has 0 bridgehead atoms. The van der Waals surface area contributed by atoms with Crippen LogP contribution in [0, 0.1) is 6.92 Å². The number of aryl methyl sites for hydroxylation is 1. The molecule has 1 fully saturated rings. The zero-order chi connectivity index (χ0) is 26.5. The summed E-state index contributed by atoms with van der Waals surface area (Å²) in [6.07, 6.45) is 1.62. The number of anilines is 1. The number of ether oxygens (including phenoxy) is 2. The molecule has 1 aliphatic heterocycles. The number of imide groups is 1. The largest absolute Gasteiger partial charge is 0.493 e. The van der Waals surface area contributed by atoms with Crippen molar-refractivity contribution < 1.29 is 23.9 Å². The summed E-state index contributed by atoms with van der Waals surface area (Å²) >= 11 is 10.3. The molecule has 1 aliphatic rings. The summed E-state index contributed by atoms with van der Waals surface area (Å²) < 4.78 is 11.7. The average Bonchev–Trinajstić information content (AvgIpc) is 3.10. The fraction of sp³-hybridized carbons (Fsp3) is 0.148. The fourth-order valence-corrected chi connectivity index (χ4v) is 5.25. The molecule has 0 aromatic heterocycles. The van der Waals surface area contributed by atoms with Crippen molar-refractivity contribution in [3.8, 4) is 11.5 Å². The number of carbonyl (C=O) groups excluding carboxylic acids is 3. The number of benzene rings is 3. The van der Waals surface area contributed by atoms with Crippen LogP contribution in [0.4, 0.5) is 10.5 Å². The summed E-state index contributed by atoms with van der Waals surface area (Å²) in [5, 5.41) is 2.96. The fourth-order valence-electron chi connectivity index (χ4n) is 3.63. The first-order valence-corrected chi connectivity index (χ1v) is 13.1. The number of amides is 3. The summed E-state index contributed by atoms with van der Waals surface area (Å²) in [6.45, 7) is 1.84. The summed E-state index contributed by atoms with van der Waals surface area (Å²) in [4.78, 5) is 39.3. The number of nitrogens with one attached hydrogen (secondary N) is 1. The highest BCUT2D eigenvalue weighted by atomic mass is 79.9. The Kier molecular flexibility index (Phi) is 8.58. The van der Waals surface area contributed by atoms with Gasteiger partial charge in [0.25, 0.3) is 17.1 Å². The Labute approximate surface area is 231 Å². The van der Waals surface area contributed by atoms with Gasteiger partial charge >= 0.3 is 0 Å². The van der Waals surface area contributed by atoms with Crippen molar-refractivity contribution in [2.75, 3.05) is 19.0 Å². The van der Waals surface area contributed by atoms with E-state index in [1.165, 1.54) is 12.0 Å². The van der Waals surface area contributed by atoms with Crippen LogP contribution in [-0.2, 0) is 16.1 Å². The molecular weight excluding hydrogens is 580 g/mol. The normalized spacial score (nSPS) is 14.3. The Balaban J connectivity index is 1.47. The third-order valence-electron chi connectivity index (χ3n) is 5.30. The van der Waals surface area contributed by atoms with Gasteiger partial charge in [-0.3, -0.25) is 19.3 Å². The van der Waals surface area contributed by atoms with Crippen LogP contribution in [0.3, 0.4) is 0 Å². The van der Waals surface area contributed by atoms with E-state index in [9.17, 15) is 14.4 Å². The molecule has 0 unspecified atom stereocenters. The maximum absolute atomic E-state index is 12.9. The SMILES string of the molecule is COc1cc(/C=C2\SC(=O)N(Cc3cccc(Cl)c3)C2=O)cc(Br)c1OCC(=O)Nc1cccc(C)c1. The van der Waals surface area contributed by atoms with Gasteiger partial charge in [0.1, 0.15) is 0 Å². The van der Waals surface area contributed by atoms with E-state index >= 15 is 0 Å². The van der Waals surface area contributed by atoms with Crippen molar-refractivity contribution in [3.63, 3.8) is 0 Å². The lowest BCUT2D eigenvalue weighted by Crippen LogP contribution is -2.27. The summed E-state index contributed by atoms with van der Waals surface area (Å²) in [5.74, 6) is -0.00884. The van der Waals surface area contributed by atoms with Crippen LogP contribution < -0.4 is 14.8 Å². The van der Waals surface area contributed by atoms with Crippen LogP contribution in [0.15, 0.2) is 70.0 Å². The predicted molar refractivity (Wildman–Crippen MR) is 149 cm³/mol. The number of nitrogens with zero attached hydrogens (tertiary/aromatic N) is 1. The second-order valence-electron chi connectivity index (χ2n) is 8.14. The zero-order valence-electron chi connectivity index (χ0n) is 19.9. The number of thioether (sulfide) groups is 1. The molecule has 37 heavy (non-hydrogen) atoms. The number of halogens is 2. The molecule has 10 heteroatoms. The van der Waals surface area contributed by atoms with Crippen LogP contribution in [0.5, 0.6) is 11.5 Å². The highest BCUT2D eigenvalue weighted by molar-refractivity contribution is 9.10. The van der Waals surface area contributed by atoms with Crippen molar-refractivity contribution in [1.29, 1.82) is 0 Å². The highest BCUT2D eigenvalue weighted by Gasteiger charge is 2.35. The minimum absolute atomic E-state index is 0.132. The third-order valence-corrected chi connectivity index (χ3v) is 7.03. The van der Waals surface area contributed by atoms with Crippen molar-refractivity contribution in [3.05, 3.63) is 91.8 Å². The lowest BCUT2D eigenvalue weighted by atomic mass is 10.1. The van der Waals surface area contributed by atoms with Gasteiger partial charge in [0.15, 0.2) is 18.1 Å². The molecule has 3 aromatic rings. The van der Waals surface area contributed by atoms with E-state index in [1.807, 2.05) is 25.1 Å². The van der Waals surface area contributed by atoms with Crippen molar-refractivity contribution in [1.82, 2.24) is 4.90 Å². The van der Waals surface area contributed by atoms with E-state index in [4.69, 9.17) is 21.1 Å². The van der Waals surface area contributed by atoms with Gasteiger partial charge < -0.3 is 14.8 Å². The lowest BCUT2D eigenvalue weighted by molar-refractivity contribution is -0.123. The van der Waals surface area contributed by atoms with Crippen LogP contribution in [0.25, 0.3) is 6.08 Å². The number of rotatable bonds is 8. The molecule has 0 spiro atoms. The number of hydrogen-bond acceptors (Lipinski definition) is 6. The second-order valence-corrected chi connectivity index (χ2v) is 10.4. The van der Waals surface area contributed by atoms with Gasteiger partial charge in [0, 0.05) is 10.7 Å². The molecule has 1 heterocycles. The first-order valence-electron chi connectivity index (χ1n) is 11.1. The molecule has 0 aliphatic carbocycles. The molecule has 190 valence electrons. The Bertz CT molecular complexity index is 1410. The molecule has 0 saturated carbocycles. The van der Waals surface area contributed by atoms with Gasteiger partial charge in [0.2, 0.25) is 0 Å². The van der Waals surface area contributed by atoms with Gasteiger partial charge in [0.05, 0.1) is 23.0 Å². The topological polar surface area (TPSA) is 84.9 Å². The summed E-state index contributed by atoms with van der Waals surface area (Å²) in [7, 11) is 1.48. The van der Waals surface area contributed by atoms with E-state index in [1.54, 1.807) is 48.5 Å². The molecule has 1 saturated heterocycles. The Hall–Kier alpha value is -3.27. The van der Waals surface area contributed by atoms with E-state index in [0.29, 0.717) is 32.2 Å². The minimum Gasteiger partial charge on any atom is -0.493 e. The third kappa shape index (κ3) is 6.74. The molecule has 7 nitrogen and oxygen atoms in total. The maximum atomic E-state index is 12.9. The summed E-state index contributed by atoms with van der Waals surface area (Å²) in [5.41, 5.74) is 3.09. The molecule has 0 radical (unpaired) electrons. The monoisotopic (exact) mass is 600 g/mol. The van der Waals surface area contributed by atoms with Crippen LogP contribution in [-0.4, -0.2) is 35.7 Å². The van der Waals surface area contributed by atoms with Gasteiger partial charge in [-0.2, -0.15) is 0 Å². The van der Waals surface area contributed by atoms with E-state index in [2.05, 4.69) is 21.2 Å². The number of carbonyl (C=O) groups is 3. The van der Waals surface area contributed by atoms with Crippen molar-refractivity contribution in [2.45, 2.75) is 13.5 Å². The standard InChI is InChI=1S/C27H22BrClN2O5S/c1-16-5-3-8-20(9-16)30-24(32)15-36-25-21(28)11-18(12-22(25)35-2)13-23-26(33)31(27(34)37-23)14-17-6-4-7-19(29)10-17/h3-13H,14-15H2,1-2H3,(H,30,32)/b23-13-. The van der Waals surface area contributed by atoms with Crippen molar-refractivity contribution >= 4 is 68.1 Å². The van der Waals surface area contributed by atoms with Crippen molar-refractivity contribution in [2.24, 2.45) is 0 Å². The molecule has 1 N–H and O–H groups in total. The van der Waals surface area contributed by atoms with Gasteiger partial charge in [-0.1, -0.05) is 35.9 Å². The zero-order valence-corrected chi connectivity index (χ0v) is 23.1. The van der Waals surface area contributed by atoms with Crippen LogP contribution in [0.1, 0.15) is 16.7 Å². The van der Waals surface area contributed by atoms with Gasteiger partial charge in [-0.25, -0.2) is 0 Å². The molecule has 3 amide bonds. The molecule has 4 rings (SSSR count). The quantitative estimate of drug-likeness (QED) is 0.290. The van der Waals surface area contributed by atoms with Gasteiger partial charge in [-0.05, 0) is 93.8 Å². The average molecular weight is 602 g/mol. The molecular formula is C27H22BrClN2O5S. The van der Waals surface area contributed by atoms with Gasteiger partial charge in [-0.15, -0.1) is 0 Å². The maximum Gasteiger partial charge on any atom is 0.293 e. The summed E-state index contributed by atoms with van der Waals surface area (Å²) in [6, 6.07) is 17.9. The Morgan fingerprint density at radius 1 is 1.14 bits per heavy atom. The van der Waals surface area contributed by atoms with Crippen LogP contribution in [0.2, 0.25) is 5.02 Å². The number of methoxy groups -OCH3 is 1.